The Labute approximate surface area is 125 Å². The van der Waals surface area contributed by atoms with E-state index in [1.165, 1.54) is 21.6 Å². The maximum atomic E-state index is 11.6. The van der Waals surface area contributed by atoms with E-state index in [1.54, 1.807) is 21.6 Å². The summed E-state index contributed by atoms with van der Waals surface area (Å²) < 4.78 is 0. The molecule has 0 saturated carbocycles. The number of rotatable bonds is 6. The average Bonchev–Trinajstić information content (AvgIpc) is 2.31. The van der Waals surface area contributed by atoms with Gasteiger partial charge in [-0.05, 0) is 36.5 Å². The van der Waals surface area contributed by atoms with Crippen LogP contribution in [-0.2, 0) is 4.79 Å². The van der Waals surface area contributed by atoms with Crippen molar-refractivity contribution < 1.29 is 4.79 Å². The monoisotopic (exact) mass is 296 g/mol. The van der Waals surface area contributed by atoms with Crippen LogP contribution in [0, 0.1) is 19.8 Å². The third-order valence-corrected chi connectivity index (χ3v) is 5.67. The Morgan fingerprint density at radius 2 is 1.63 bits per heavy atom. The van der Waals surface area contributed by atoms with Crippen molar-refractivity contribution in [2.75, 3.05) is 5.75 Å². The van der Waals surface area contributed by atoms with Crippen LogP contribution in [0.1, 0.15) is 50.3 Å². The molecule has 0 N–H and O–H groups in total. The maximum Gasteiger partial charge on any atom is 0.146 e. The molecule has 0 aliphatic carbocycles. The van der Waals surface area contributed by atoms with E-state index in [9.17, 15) is 4.79 Å². The molecule has 19 heavy (non-hydrogen) atoms. The zero-order valence-corrected chi connectivity index (χ0v) is 14.4. The molecule has 3 heteroatoms. The van der Waals surface area contributed by atoms with Crippen LogP contribution in [0.15, 0.2) is 17.0 Å². The number of Topliss-reactive ketones (excluding diaryl/α,β-unsaturated/α-hetero) is 1. The highest BCUT2D eigenvalue weighted by molar-refractivity contribution is 8.76. The molecular formula is C16H24OS2. The molecule has 106 valence electrons. The molecule has 0 bridgehead atoms. The van der Waals surface area contributed by atoms with E-state index >= 15 is 0 Å². The van der Waals surface area contributed by atoms with Crippen LogP contribution >= 0.6 is 21.6 Å². The highest BCUT2D eigenvalue weighted by Gasteiger charge is 2.11. The molecule has 0 aliphatic rings. The highest BCUT2D eigenvalue weighted by Crippen LogP contribution is 2.37. The Balaban J connectivity index is 2.72. The van der Waals surface area contributed by atoms with Gasteiger partial charge in [-0.2, -0.15) is 0 Å². The molecule has 1 rings (SSSR count). The Bertz CT molecular complexity index is 427. The number of carbonyl (C=O) groups is 1. The minimum Gasteiger partial charge on any atom is -0.298 e. The molecule has 1 aromatic rings. The van der Waals surface area contributed by atoms with Gasteiger partial charge in [0.2, 0.25) is 0 Å². The summed E-state index contributed by atoms with van der Waals surface area (Å²) in [4.78, 5) is 12.9. The number of ketones is 1. The van der Waals surface area contributed by atoms with Gasteiger partial charge in [-0.1, -0.05) is 61.4 Å². The first-order chi connectivity index (χ1) is 8.82. The molecule has 0 aromatic heterocycles. The molecule has 1 nitrogen and oxygen atoms in total. The van der Waals surface area contributed by atoms with Gasteiger partial charge in [0.25, 0.3) is 0 Å². The summed E-state index contributed by atoms with van der Waals surface area (Å²) in [5.74, 6) is 1.62. The zero-order chi connectivity index (χ0) is 14.6. The van der Waals surface area contributed by atoms with E-state index in [0.29, 0.717) is 17.5 Å². The predicted octanol–water partition coefficient (Wildman–Crippen LogP) is 5.39. The molecule has 0 spiro atoms. The molecule has 0 amide bonds. The minimum absolute atomic E-state index is 0.138. The van der Waals surface area contributed by atoms with Gasteiger partial charge in [-0.25, -0.2) is 0 Å². The first-order valence-corrected chi connectivity index (χ1v) is 9.08. The van der Waals surface area contributed by atoms with Gasteiger partial charge in [0, 0.05) is 10.8 Å². The Morgan fingerprint density at radius 3 is 2.05 bits per heavy atom. The summed E-state index contributed by atoms with van der Waals surface area (Å²) in [5.41, 5.74) is 4.03. The lowest BCUT2D eigenvalue weighted by atomic mass is 9.99. The van der Waals surface area contributed by atoms with Gasteiger partial charge in [0.1, 0.15) is 5.78 Å². The predicted molar refractivity (Wildman–Crippen MR) is 88.2 cm³/mol. The molecule has 0 aliphatic heterocycles. The maximum absolute atomic E-state index is 11.6. The van der Waals surface area contributed by atoms with Crippen molar-refractivity contribution in [1.82, 2.24) is 0 Å². The van der Waals surface area contributed by atoms with Crippen LogP contribution in [0.4, 0.5) is 0 Å². The van der Waals surface area contributed by atoms with Crippen LogP contribution in [0.5, 0.6) is 0 Å². The lowest BCUT2D eigenvalue weighted by Crippen LogP contribution is -2.08. The molecule has 0 atom stereocenters. The normalized spacial score (nSPS) is 11.4. The fraction of sp³-hybridized carbons (Fsp3) is 0.562. The van der Waals surface area contributed by atoms with Crippen LogP contribution in [0.2, 0.25) is 0 Å². The largest absolute Gasteiger partial charge is 0.298 e. The van der Waals surface area contributed by atoms with Crippen LogP contribution in [0.25, 0.3) is 0 Å². The van der Waals surface area contributed by atoms with Gasteiger partial charge in [0.15, 0.2) is 0 Å². The quantitative estimate of drug-likeness (QED) is 0.655. The van der Waals surface area contributed by atoms with Crippen molar-refractivity contribution in [1.29, 1.82) is 0 Å². The lowest BCUT2D eigenvalue weighted by Gasteiger charge is -2.14. The molecule has 0 radical (unpaired) electrons. The van der Waals surface area contributed by atoms with Gasteiger partial charge < -0.3 is 0 Å². The van der Waals surface area contributed by atoms with Crippen molar-refractivity contribution >= 4 is 27.4 Å². The molecular weight excluding hydrogens is 272 g/mol. The van der Waals surface area contributed by atoms with Gasteiger partial charge >= 0.3 is 0 Å². The Morgan fingerprint density at radius 1 is 1.11 bits per heavy atom. The van der Waals surface area contributed by atoms with Gasteiger partial charge in [-0.3, -0.25) is 4.79 Å². The number of aryl methyl sites for hydroxylation is 2. The first kappa shape index (κ1) is 16.6. The summed E-state index contributed by atoms with van der Waals surface area (Å²) in [7, 11) is 3.39. The number of hydrogen-bond acceptors (Lipinski definition) is 3. The summed E-state index contributed by atoms with van der Waals surface area (Å²) >= 11 is 0. The fourth-order valence-corrected chi connectivity index (χ4v) is 4.44. The minimum atomic E-state index is 0.138. The molecule has 1 aromatic carbocycles. The zero-order valence-electron chi connectivity index (χ0n) is 12.7. The second-order valence-electron chi connectivity index (χ2n) is 5.61. The Kier molecular flexibility index (Phi) is 6.48. The van der Waals surface area contributed by atoms with Crippen molar-refractivity contribution in [3.8, 4) is 0 Å². The SMILES string of the molecule is Cc1cc(C(C)C)cc(C)c1SSCC(=O)C(C)C. The number of benzene rings is 1. The van der Waals surface area contributed by atoms with Crippen molar-refractivity contribution in [3.05, 3.63) is 28.8 Å². The lowest BCUT2D eigenvalue weighted by molar-refractivity contribution is -0.119. The van der Waals surface area contributed by atoms with Crippen molar-refractivity contribution in [3.63, 3.8) is 0 Å². The van der Waals surface area contributed by atoms with E-state index in [2.05, 4.69) is 39.8 Å². The van der Waals surface area contributed by atoms with E-state index < -0.39 is 0 Å². The third-order valence-electron chi connectivity index (χ3n) is 3.14. The van der Waals surface area contributed by atoms with Gasteiger partial charge in [-0.15, -0.1) is 0 Å². The number of carbonyl (C=O) groups excluding carboxylic acids is 1. The second-order valence-corrected chi connectivity index (χ2v) is 7.91. The third kappa shape index (κ3) is 4.88. The summed E-state index contributed by atoms with van der Waals surface area (Å²) in [6.45, 7) is 12.7. The molecule has 0 heterocycles. The average molecular weight is 297 g/mol. The second kappa shape index (κ2) is 7.39. The standard InChI is InChI=1S/C16H24OS2/c1-10(2)14-7-12(5)16(13(6)8-14)19-18-9-15(17)11(3)4/h7-8,10-11H,9H2,1-6H3. The molecule has 0 saturated heterocycles. The van der Waals surface area contributed by atoms with Crippen LogP contribution in [-0.4, -0.2) is 11.5 Å². The molecule has 0 fully saturated rings. The Hall–Kier alpha value is -0.410. The summed E-state index contributed by atoms with van der Waals surface area (Å²) in [6, 6.07) is 4.54. The smallest absolute Gasteiger partial charge is 0.146 e. The fourth-order valence-electron chi connectivity index (χ4n) is 1.76. The highest BCUT2D eigenvalue weighted by atomic mass is 33.1. The van der Waals surface area contributed by atoms with E-state index in [0.717, 1.165) is 0 Å². The van der Waals surface area contributed by atoms with E-state index in [1.807, 2.05) is 13.8 Å². The molecule has 0 unspecified atom stereocenters. The van der Waals surface area contributed by atoms with E-state index in [-0.39, 0.29) is 5.92 Å². The van der Waals surface area contributed by atoms with Crippen LogP contribution < -0.4 is 0 Å². The summed E-state index contributed by atoms with van der Waals surface area (Å²) in [5, 5.41) is 0. The van der Waals surface area contributed by atoms with Crippen molar-refractivity contribution in [2.45, 2.75) is 52.4 Å². The topological polar surface area (TPSA) is 17.1 Å². The van der Waals surface area contributed by atoms with Crippen molar-refractivity contribution in [2.24, 2.45) is 5.92 Å². The first-order valence-electron chi connectivity index (χ1n) is 6.76. The van der Waals surface area contributed by atoms with Gasteiger partial charge in [0.05, 0.1) is 5.75 Å². The van der Waals surface area contributed by atoms with Crippen LogP contribution in [0.3, 0.4) is 0 Å². The summed E-state index contributed by atoms with van der Waals surface area (Å²) in [6.07, 6.45) is 0. The number of hydrogen-bond donors (Lipinski definition) is 0. The van der Waals surface area contributed by atoms with E-state index in [4.69, 9.17) is 0 Å².